The molecule has 0 rings (SSSR count). The summed E-state index contributed by atoms with van der Waals surface area (Å²) >= 11 is 16.5. The van der Waals surface area contributed by atoms with E-state index in [1.807, 2.05) is 0 Å². The van der Waals surface area contributed by atoms with Crippen molar-refractivity contribution in [1.82, 2.24) is 4.90 Å². The Kier molecular flexibility index (Phi) is 5.98. The fourth-order valence-corrected chi connectivity index (χ4v) is 1.26. The topological polar surface area (TPSA) is 46.6 Å². The molecule has 0 aliphatic rings. The Bertz CT molecular complexity index is 344. The average Bonchev–Trinajstić information content (AvgIpc) is 2.13. The second-order valence-electron chi connectivity index (χ2n) is 4.63. The van der Waals surface area contributed by atoms with Crippen LogP contribution in [0, 0.1) is 0 Å². The molecule has 0 aliphatic heterocycles. The van der Waals surface area contributed by atoms with Gasteiger partial charge in [-0.15, -0.1) is 6.58 Å². The molecule has 0 aliphatic carbocycles. The Morgan fingerprint density at radius 3 is 2.00 bits per heavy atom. The van der Waals surface area contributed by atoms with Gasteiger partial charge in [0.25, 0.3) is 9.70 Å². The minimum absolute atomic E-state index is 0.650. The molecule has 0 spiro atoms. The number of hydrogen-bond acceptors (Lipinski definition) is 3. The minimum atomic E-state index is -2.23. The van der Waals surface area contributed by atoms with Gasteiger partial charge in [0.2, 0.25) is 0 Å². The number of carbonyl (C=O) groups is 2. The second-order valence-corrected chi connectivity index (χ2v) is 6.91. The van der Waals surface area contributed by atoms with Gasteiger partial charge in [-0.2, -0.15) is 0 Å². The Balaban J connectivity index is 5.20. The third-order valence-corrected chi connectivity index (χ3v) is 2.28. The number of carbonyl (C=O) groups excluding carboxylic acids is 2. The van der Waals surface area contributed by atoms with Crippen molar-refractivity contribution in [3.05, 3.63) is 12.7 Å². The summed E-state index contributed by atoms with van der Waals surface area (Å²) in [5.74, 6) is -0.978. The van der Waals surface area contributed by atoms with E-state index in [1.54, 1.807) is 27.7 Å². The highest BCUT2D eigenvalue weighted by molar-refractivity contribution is 6.76. The first-order valence-corrected chi connectivity index (χ1v) is 6.29. The standard InChI is InChI=1S/C11H16Cl3NO3/c1-6-7(2)15(8(16)11(12,13)14)9(17)18-10(3,4)5/h6-7H,1H2,2-5H3. The van der Waals surface area contributed by atoms with Crippen molar-refractivity contribution in [3.63, 3.8) is 0 Å². The number of hydrogen-bond donors (Lipinski definition) is 0. The molecule has 0 saturated carbocycles. The maximum Gasteiger partial charge on any atom is 0.417 e. The van der Waals surface area contributed by atoms with Crippen LogP contribution in [-0.4, -0.2) is 32.3 Å². The van der Waals surface area contributed by atoms with E-state index in [2.05, 4.69) is 6.58 Å². The van der Waals surface area contributed by atoms with Crippen molar-refractivity contribution < 1.29 is 14.3 Å². The van der Waals surface area contributed by atoms with Crippen LogP contribution in [0.2, 0.25) is 0 Å². The summed E-state index contributed by atoms with van der Waals surface area (Å²) < 4.78 is 2.85. The van der Waals surface area contributed by atoms with Gasteiger partial charge in [-0.1, -0.05) is 40.9 Å². The number of ether oxygens (including phenoxy) is 1. The number of halogens is 3. The first kappa shape index (κ1) is 17.6. The smallest absolute Gasteiger partial charge is 0.417 e. The Morgan fingerprint density at radius 2 is 1.72 bits per heavy atom. The predicted octanol–water partition coefficient (Wildman–Crippen LogP) is 3.69. The fourth-order valence-electron chi connectivity index (χ4n) is 0.987. The van der Waals surface area contributed by atoms with Gasteiger partial charge in [-0.25, -0.2) is 9.69 Å². The second kappa shape index (κ2) is 6.13. The van der Waals surface area contributed by atoms with Crippen LogP contribution >= 0.6 is 34.8 Å². The molecular formula is C11H16Cl3NO3. The molecule has 18 heavy (non-hydrogen) atoms. The molecule has 1 atom stereocenters. The van der Waals surface area contributed by atoms with E-state index in [0.717, 1.165) is 4.90 Å². The van der Waals surface area contributed by atoms with Crippen LogP contribution in [0.25, 0.3) is 0 Å². The van der Waals surface area contributed by atoms with E-state index in [9.17, 15) is 9.59 Å². The summed E-state index contributed by atoms with van der Waals surface area (Å²) in [4.78, 5) is 24.5. The molecule has 0 aromatic heterocycles. The first-order chi connectivity index (χ1) is 7.90. The normalized spacial score (nSPS) is 13.7. The molecule has 1 unspecified atom stereocenters. The van der Waals surface area contributed by atoms with Crippen LogP contribution in [0.1, 0.15) is 27.7 Å². The monoisotopic (exact) mass is 315 g/mol. The van der Waals surface area contributed by atoms with Crippen LogP contribution in [0.3, 0.4) is 0 Å². The van der Waals surface area contributed by atoms with E-state index in [1.165, 1.54) is 6.08 Å². The molecule has 7 heteroatoms. The molecule has 0 heterocycles. The Morgan fingerprint density at radius 1 is 1.28 bits per heavy atom. The van der Waals surface area contributed by atoms with Gasteiger partial charge in [-0.05, 0) is 27.7 Å². The van der Waals surface area contributed by atoms with Crippen LogP contribution in [0.5, 0.6) is 0 Å². The van der Waals surface area contributed by atoms with Crippen molar-refractivity contribution >= 4 is 46.8 Å². The molecule has 4 nitrogen and oxygen atoms in total. The van der Waals surface area contributed by atoms with Crippen molar-refractivity contribution in [2.24, 2.45) is 0 Å². The lowest BCUT2D eigenvalue weighted by Gasteiger charge is -2.30. The van der Waals surface area contributed by atoms with Crippen molar-refractivity contribution in [2.45, 2.75) is 43.1 Å². The van der Waals surface area contributed by atoms with Crippen molar-refractivity contribution in [2.75, 3.05) is 0 Å². The molecule has 0 aromatic carbocycles. The highest BCUT2D eigenvalue weighted by atomic mass is 35.6. The summed E-state index contributed by atoms with van der Waals surface area (Å²) in [5.41, 5.74) is -0.760. The van der Waals surface area contributed by atoms with Gasteiger partial charge >= 0.3 is 6.09 Å². The van der Waals surface area contributed by atoms with Crippen LogP contribution < -0.4 is 0 Å². The number of amides is 2. The average molecular weight is 317 g/mol. The Hall–Kier alpha value is -0.450. The minimum Gasteiger partial charge on any atom is -0.443 e. The zero-order valence-corrected chi connectivity index (χ0v) is 12.9. The number of alkyl halides is 3. The van der Waals surface area contributed by atoms with Crippen LogP contribution in [0.4, 0.5) is 4.79 Å². The number of nitrogens with zero attached hydrogens (tertiary/aromatic N) is 1. The summed E-state index contributed by atoms with van der Waals surface area (Å²) in [5, 5.41) is 0. The van der Waals surface area contributed by atoms with Crippen LogP contribution in [-0.2, 0) is 9.53 Å². The molecule has 0 radical (unpaired) electrons. The van der Waals surface area contributed by atoms with E-state index < -0.39 is 27.4 Å². The van der Waals surface area contributed by atoms with Crippen molar-refractivity contribution in [3.8, 4) is 0 Å². The highest BCUT2D eigenvalue weighted by Crippen LogP contribution is 2.30. The molecule has 0 bridgehead atoms. The maximum atomic E-state index is 11.9. The quantitative estimate of drug-likeness (QED) is 0.576. The molecule has 0 fully saturated rings. The lowest BCUT2D eigenvalue weighted by atomic mass is 10.2. The SMILES string of the molecule is C=CC(C)N(C(=O)OC(C)(C)C)C(=O)C(Cl)(Cl)Cl. The lowest BCUT2D eigenvalue weighted by molar-refractivity contribution is -0.130. The van der Waals surface area contributed by atoms with Gasteiger partial charge < -0.3 is 4.74 Å². The lowest BCUT2D eigenvalue weighted by Crippen LogP contribution is -2.49. The number of rotatable bonds is 2. The third-order valence-electron chi connectivity index (χ3n) is 1.80. The summed E-state index contributed by atoms with van der Waals surface area (Å²) in [6.45, 7) is 10.1. The predicted molar refractivity (Wildman–Crippen MR) is 73.0 cm³/mol. The zero-order valence-electron chi connectivity index (χ0n) is 10.7. The van der Waals surface area contributed by atoms with Crippen LogP contribution in [0.15, 0.2) is 12.7 Å². The Labute approximate surface area is 122 Å². The maximum absolute atomic E-state index is 11.9. The van der Waals surface area contributed by atoms with E-state index in [4.69, 9.17) is 39.5 Å². The number of imide groups is 1. The third kappa shape index (κ3) is 5.46. The molecule has 0 saturated heterocycles. The van der Waals surface area contributed by atoms with Gasteiger partial charge in [0, 0.05) is 0 Å². The largest absolute Gasteiger partial charge is 0.443 e. The van der Waals surface area contributed by atoms with E-state index in [-0.39, 0.29) is 0 Å². The van der Waals surface area contributed by atoms with Gasteiger partial charge in [0.05, 0.1) is 6.04 Å². The highest BCUT2D eigenvalue weighted by Gasteiger charge is 2.41. The summed E-state index contributed by atoms with van der Waals surface area (Å²) in [7, 11) is 0. The molecule has 104 valence electrons. The van der Waals surface area contributed by atoms with Gasteiger partial charge in [0.1, 0.15) is 5.60 Å². The first-order valence-electron chi connectivity index (χ1n) is 5.16. The van der Waals surface area contributed by atoms with E-state index >= 15 is 0 Å². The molecule has 0 aromatic rings. The fraction of sp³-hybridized carbons (Fsp3) is 0.636. The van der Waals surface area contributed by atoms with Gasteiger partial charge in [0.15, 0.2) is 0 Å². The van der Waals surface area contributed by atoms with Crippen molar-refractivity contribution in [1.29, 1.82) is 0 Å². The molecule has 2 amide bonds. The summed E-state index contributed by atoms with van der Waals surface area (Å²) in [6, 6.07) is -0.650. The van der Waals surface area contributed by atoms with E-state index in [0.29, 0.717) is 0 Å². The van der Waals surface area contributed by atoms with Gasteiger partial charge in [-0.3, -0.25) is 4.79 Å². The molecule has 0 N–H and O–H groups in total. The zero-order chi connectivity index (χ0) is 14.7. The summed E-state index contributed by atoms with van der Waals surface area (Å²) in [6.07, 6.45) is 0.490. The molecular weight excluding hydrogens is 300 g/mol.